The average molecular weight is 263 g/mol. The summed E-state index contributed by atoms with van der Waals surface area (Å²) in [5.74, 6) is 2.43. The van der Waals surface area contributed by atoms with E-state index in [1.54, 1.807) is 14.2 Å². The molecule has 0 aromatic heterocycles. The fourth-order valence-corrected chi connectivity index (χ4v) is 2.95. The summed E-state index contributed by atoms with van der Waals surface area (Å²) < 4.78 is 10.8. The maximum Gasteiger partial charge on any atom is 0.125 e. The van der Waals surface area contributed by atoms with Gasteiger partial charge in [-0.3, -0.25) is 4.90 Å². The number of β-amino-alcohol motifs (C(OH)–C–C–N with tert-alkyl or cyclic N) is 1. The van der Waals surface area contributed by atoms with E-state index >= 15 is 0 Å². The van der Waals surface area contributed by atoms with Gasteiger partial charge in [0, 0.05) is 30.8 Å². The van der Waals surface area contributed by atoms with Crippen molar-refractivity contribution < 1.29 is 14.6 Å². The molecule has 19 heavy (non-hydrogen) atoms. The van der Waals surface area contributed by atoms with Crippen molar-refractivity contribution in [3.05, 3.63) is 23.3 Å². The lowest BCUT2D eigenvalue weighted by molar-refractivity contribution is 0.0858. The van der Waals surface area contributed by atoms with Crippen molar-refractivity contribution in [2.24, 2.45) is 5.92 Å². The number of hydrogen-bond donors (Lipinski definition) is 1. The molecule has 4 heteroatoms. The SMILES string of the molecule is COc1ccc(OC)c2c1CN(CC1CC1)CC2O. The van der Waals surface area contributed by atoms with Gasteiger partial charge in [-0.25, -0.2) is 0 Å². The van der Waals surface area contributed by atoms with Gasteiger partial charge in [0.05, 0.1) is 20.3 Å². The number of aliphatic hydroxyl groups excluding tert-OH is 1. The molecular formula is C15H21NO3. The van der Waals surface area contributed by atoms with Gasteiger partial charge in [0.25, 0.3) is 0 Å². The van der Waals surface area contributed by atoms with Gasteiger partial charge in [0.2, 0.25) is 0 Å². The Hall–Kier alpha value is -1.26. The molecule has 0 bridgehead atoms. The molecule has 0 spiro atoms. The van der Waals surface area contributed by atoms with Gasteiger partial charge in [0.1, 0.15) is 11.5 Å². The molecule has 2 aliphatic rings. The number of fused-ring (bicyclic) bond motifs is 1. The quantitative estimate of drug-likeness (QED) is 0.901. The van der Waals surface area contributed by atoms with Crippen LogP contribution in [0.5, 0.6) is 11.5 Å². The van der Waals surface area contributed by atoms with Crippen molar-refractivity contribution in [1.29, 1.82) is 0 Å². The van der Waals surface area contributed by atoms with E-state index < -0.39 is 6.10 Å². The molecule has 1 fully saturated rings. The first-order valence-electron chi connectivity index (χ1n) is 6.87. The third-order valence-corrected chi connectivity index (χ3v) is 4.07. The van der Waals surface area contributed by atoms with Gasteiger partial charge in [-0.1, -0.05) is 0 Å². The average Bonchev–Trinajstić information content (AvgIpc) is 3.21. The first kappa shape index (κ1) is 12.8. The van der Waals surface area contributed by atoms with E-state index in [1.807, 2.05) is 12.1 Å². The van der Waals surface area contributed by atoms with E-state index in [2.05, 4.69) is 4.90 Å². The number of benzene rings is 1. The first-order chi connectivity index (χ1) is 9.22. The van der Waals surface area contributed by atoms with Crippen LogP contribution in [0.15, 0.2) is 12.1 Å². The van der Waals surface area contributed by atoms with Crippen molar-refractivity contribution in [2.45, 2.75) is 25.5 Å². The second-order valence-electron chi connectivity index (χ2n) is 5.52. The van der Waals surface area contributed by atoms with Gasteiger partial charge in [0.15, 0.2) is 0 Å². The number of ether oxygens (including phenoxy) is 2. The smallest absolute Gasteiger partial charge is 0.125 e. The maximum absolute atomic E-state index is 10.4. The van der Waals surface area contributed by atoms with Crippen LogP contribution < -0.4 is 9.47 Å². The number of methoxy groups -OCH3 is 2. The summed E-state index contributed by atoms with van der Waals surface area (Å²) >= 11 is 0. The Labute approximate surface area is 113 Å². The fourth-order valence-electron chi connectivity index (χ4n) is 2.95. The van der Waals surface area contributed by atoms with Gasteiger partial charge in [-0.15, -0.1) is 0 Å². The fraction of sp³-hybridized carbons (Fsp3) is 0.600. The van der Waals surface area contributed by atoms with Crippen molar-refractivity contribution in [2.75, 3.05) is 27.3 Å². The summed E-state index contributed by atoms with van der Waals surface area (Å²) in [6.45, 7) is 2.60. The summed E-state index contributed by atoms with van der Waals surface area (Å²) in [4.78, 5) is 2.33. The molecule has 0 saturated heterocycles. The predicted octanol–water partition coefficient (Wildman–Crippen LogP) is 1.96. The minimum absolute atomic E-state index is 0.493. The zero-order chi connectivity index (χ0) is 13.4. The molecule has 1 aromatic carbocycles. The molecule has 1 atom stereocenters. The summed E-state index contributed by atoms with van der Waals surface area (Å²) in [5.41, 5.74) is 1.97. The summed E-state index contributed by atoms with van der Waals surface area (Å²) in [6, 6.07) is 3.79. The minimum atomic E-state index is -0.493. The van der Waals surface area contributed by atoms with Crippen molar-refractivity contribution >= 4 is 0 Å². The summed E-state index contributed by atoms with van der Waals surface area (Å²) in [7, 11) is 3.32. The monoisotopic (exact) mass is 263 g/mol. The normalized spacial score (nSPS) is 23.0. The van der Waals surface area contributed by atoms with E-state index in [0.29, 0.717) is 6.54 Å². The highest BCUT2D eigenvalue weighted by Gasteiger charge is 2.32. The summed E-state index contributed by atoms with van der Waals surface area (Å²) in [5, 5.41) is 10.4. The Morgan fingerprint density at radius 3 is 2.53 bits per heavy atom. The Kier molecular flexibility index (Phi) is 3.37. The Morgan fingerprint density at radius 1 is 1.21 bits per heavy atom. The number of rotatable bonds is 4. The van der Waals surface area contributed by atoms with E-state index in [9.17, 15) is 5.11 Å². The second kappa shape index (κ2) is 5.02. The van der Waals surface area contributed by atoms with E-state index in [4.69, 9.17) is 9.47 Å². The Morgan fingerprint density at radius 2 is 1.89 bits per heavy atom. The number of nitrogens with zero attached hydrogens (tertiary/aromatic N) is 1. The molecule has 1 aliphatic heterocycles. The van der Waals surface area contributed by atoms with Gasteiger partial charge in [-0.2, -0.15) is 0 Å². The van der Waals surface area contributed by atoms with Crippen molar-refractivity contribution in [1.82, 2.24) is 4.90 Å². The van der Waals surface area contributed by atoms with E-state index in [1.165, 1.54) is 12.8 Å². The maximum atomic E-state index is 10.4. The molecule has 1 heterocycles. The molecule has 0 radical (unpaired) electrons. The molecule has 1 aliphatic carbocycles. The largest absolute Gasteiger partial charge is 0.496 e. The lowest BCUT2D eigenvalue weighted by Gasteiger charge is -2.34. The molecule has 3 rings (SSSR count). The highest BCUT2D eigenvalue weighted by atomic mass is 16.5. The first-order valence-corrected chi connectivity index (χ1v) is 6.87. The van der Waals surface area contributed by atoms with Gasteiger partial charge in [-0.05, 0) is 30.9 Å². The summed E-state index contributed by atoms with van der Waals surface area (Å²) in [6.07, 6.45) is 2.16. The van der Waals surface area contributed by atoms with E-state index in [-0.39, 0.29) is 0 Å². The van der Waals surface area contributed by atoms with Crippen LogP contribution in [0.25, 0.3) is 0 Å². The van der Waals surface area contributed by atoms with Gasteiger partial charge < -0.3 is 14.6 Å². The molecule has 1 saturated carbocycles. The third-order valence-electron chi connectivity index (χ3n) is 4.07. The molecule has 1 N–H and O–H groups in total. The van der Waals surface area contributed by atoms with Crippen LogP contribution in [0, 0.1) is 5.92 Å². The molecule has 104 valence electrons. The highest BCUT2D eigenvalue weighted by molar-refractivity contribution is 5.51. The van der Waals surface area contributed by atoms with Crippen LogP contribution in [0.1, 0.15) is 30.1 Å². The minimum Gasteiger partial charge on any atom is -0.496 e. The van der Waals surface area contributed by atoms with Crippen LogP contribution in [0.2, 0.25) is 0 Å². The van der Waals surface area contributed by atoms with Crippen LogP contribution in [-0.2, 0) is 6.54 Å². The van der Waals surface area contributed by atoms with Crippen molar-refractivity contribution in [3.8, 4) is 11.5 Å². The molecular weight excluding hydrogens is 242 g/mol. The topological polar surface area (TPSA) is 41.9 Å². The molecule has 1 unspecified atom stereocenters. The third kappa shape index (κ3) is 2.42. The molecule has 1 aromatic rings. The molecule has 4 nitrogen and oxygen atoms in total. The standard InChI is InChI=1S/C15H21NO3/c1-18-13-5-6-14(19-2)15-11(13)8-16(9-12(15)17)7-10-3-4-10/h5-6,10,12,17H,3-4,7-9H2,1-2H3. The lowest BCUT2D eigenvalue weighted by atomic mass is 9.95. The van der Waals surface area contributed by atoms with Crippen molar-refractivity contribution in [3.63, 3.8) is 0 Å². The zero-order valence-electron chi connectivity index (χ0n) is 11.6. The van der Waals surface area contributed by atoms with Crippen LogP contribution >= 0.6 is 0 Å². The number of aliphatic hydroxyl groups is 1. The highest BCUT2D eigenvalue weighted by Crippen LogP contribution is 2.40. The van der Waals surface area contributed by atoms with Crippen LogP contribution in [0.3, 0.4) is 0 Å². The predicted molar refractivity (Wildman–Crippen MR) is 72.5 cm³/mol. The Balaban J connectivity index is 1.93. The Bertz CT molecular complexity index is 471. The molecule has 0 amide bonds. The number of hydrogen-bond acceptors (Lipinski definition) is 4. The van der Waals surface area contributed by atoms with Gasteiger partial charge >= 0.3 is 0 Å². The second-order valence-corrected chi connectivity index (χ2v) is 5.52. The lowest BCUT2D eigenvalue weighted by Crippen LogP contribution is -2.35. The van der Waals surface area contributed by atoms with E-state index in [0.717, 1.165) is 41.6 Å². The zero-order valence-corrected chi connectivity index (χ0v) is 11.6. The van der Waals surface area contributed by atoms with Crippen LogP contribution in [-0.4, -0.2) is 37.3 Å². The van der Waals surface area contributed by atoms with Crippen LogP contribution in [0.4, 0.5) is 0 Å².